The van der Waals surface area contributed by atoms with E-state index in [2.05, 4.69) is 0 Å². The van der Waals surface area contributed by atoms with Crippen molar-refractivity contribution in [2.24, 2.45) is 17.8 Å². The monoisotopic (exact) mass is 172 g/mol. The Morgan fingerprint density at radius 1 is 1.36 bits per heavy atom. The summed E-state index contributed by atoms with van der Waals surface area (Å²) in [6.07, 6.45) is 2.30. The summed E-state index contributed by atoms with van der Waals surface area (Å²) in [5.41, 5.74) is 0. The van der Waals surface area contributed by atoms with Crippen LogP contribution in [0.25, 0.3) is 0 Å². The van der Waals surface area contributed by atoms with Gasteiger partial charge in [-0.2, -0.15) is 11.8 Å². The molecule has 1 saturated heterocycles. The average Bonchev–Trinajstić information content (AvgIpc) is 2.58. The van der Waals surface area contributed by atoms with Crippen molar-refractivity contribution in [3.63, 3.8) is 0 Å². The molecule has 2 fully saturated rings. The molecule has 3 heteroatoms. The van der Waals surface area contributed by atoms with E-state index in [0.29, 0.717) is 11.8 Å². The molecule has 0 spiro atoms. The quantitative estimate of drug-likeness (QED) is 0.700. The van der Waals surface area contributed by atoms with Crippen molar-refractivity contribution < 1.29 is 9.90 Å². The van der Waals surface area contributed by atoms with Gasteiger partial charge in [0.15, 0.2) is 0 Å². The van der Waals surface area contributed by atoms with Gasteiger partial charge in [0.2, 0.25) is 0 Å². The van der Waals surface area contributed by atoms with E-state index < -0.39 is 5.97 Å². The van der Waals surface area contributed by atoms with Crippen LogP contribution in [0.3, 0.4) is 0 Å². The fourth-order valence-electron chi connectivity index (χ4n) is 1.70. The third-order valence-electron chi connectivity index (χ3n) is 2.59. The van der Waals surface area contributed by atoms with E-state index in [-0.39, 0.29) is 5.92 Å². The van der Waals surface area contributed by atoms with E-state index in [0.717, 1.165) is 24.3 Å². The van der Waals surface area contributed by atoms with Crippen molar-refractivity contribution in [3.05, 3.63) is 0 Å². The summed E-state index contributed by atoms with van der Waals surface area (Å²) in [6.45, 7) is 0. The second-order valence-electron chi connectivity index (χ2n) is 3.50. The largest absolute Gasteiger partial charge is 0.481 e. The van der Waals surface area contributed by atoms with E-state index >= 15 is 0 Å². The highest BCUT2D eigenvalue weighted by molar-refractivity contribution is 8.00. The molecule has 0 radical (unpaired) electrons. The van der Waals surface area contributed by atoms with Crippen LogP contribution in [0.1, 0.15) is 12.8 Å². The van der Waals surface area contributed by atoms with E-state index in [1.54, 1.807) is 0 Å². The summed E-state index contributed by atoms with van der Waals surface area (Å²) in [6, 6.07) is 0. The van der Waals surface area contributed by atoms with Crippen LogP contribution in [-0.4, -0.2) is 22.6 Å². The van der Waals surface area contributed by atoms with Crippen molar-refractivity contribution in [1.29, 1.82) is 0 Å². The maximum absolute atomic E-state index is 10.8. The number of carboxylic acids is 1. The topological polar surface area (TPSA) is 37.3 Å². The van der Waals surface area contributed by atoms with Gasteiger partial charge in [0.1, 0.15) is 0 Å². The SMILES string of the molecule is O=C(O)C(C1CC1)C1CSC1. The van der Waals surface area contributed by atoms with Crippen molar-refractivity contribution in [1.82, 2.24) is 0 Å². The number of hydrogen-bond acceptors (Lipinski definition) is 2. The molecule has 0 amide bonds. The van der Waals surface area contributed by atoms with Crippen LogP contribution in [0.15, 0.2) is 0 Å². The molecule has 2 aliphatic rings. The predicted molar refractivity (Wildman–Crippen MR) is 44.7 cm³/mol. The molecule has 62 valence electrons. The van der Waals surface area contributed by atoms with Crippen LogP contribution in [0.4, 0.5) is 0 Å². The molecule has 2 nitrogen and oxygen atoms in total. The van der Waals surface area contributed by atoms with Crippen LogP contribution in [-0.2, 0) is 4.79 Å². The second-order valence-corrected chi connectivity index (χ2v) is 4.57. The molecule has 1 unspecified atom stereocenters. The summed E-state index contributed by atoms with van der Waals surface area (Å²) < 4.78 is 0. The highest BCUT2D eigenvalue weighted by Crippen LogP contribution is 2.45. The zero-order valence-electron chi connectivity index (χ0n) is 6.32. The Bertz CT molecular complexity index is 173. The lowest BCUT2D eigenvalue weighted by Gasteiger charge is -2.30. The van der Waals surface area contributed by atoms with E-state index in [4.69, 9.17) is 5.11 Å². The van der Waals surface area contributed by atoms with Crippen molar-refractivity contribution >= 4 is 17.7 Å². The molecule has 2 rings (SSSR count). The number of hydrogen-bond donors (Lipinski definition) is 1. The van der Waals surface area contributed by atoms with Gasteiger partial charge in [0.25, 0.3) is 0 Å². The molecule has 0 bridgehead atoms. The van der Waals surface area contributed by atoms with Crippen LogP contribution >= 0.6 is 11.8 Å². The van der Waals surface area contributed by atoms with Gasteiger partial charge < -0.3 is 5.11 Å². The van der Waals surface area contributed by atoms with Crippen molar-refractivity contribution in [3.8, 4) is 0 Å². The summed E-state index contributed by atoms with van der Waals surface area (Å²) >= 11 is 1.87. The van der Waals surface area contributed by atoms with Gasteiger partial charge in [0.05, 0.1) is 5.92 Å². The predicted octanol–water partition coefficient (Wildman–Crippen LogP) is 1.46. The van der Waals surface area contributed by atoms with Gasteiger partial charge in [-0.05, 0) is 36.2 Å². The third-order valence-corrected chi connectivity index (χ3v) is 3.91. The smallest absolute Gasteiger partial charge is 0.307 e. The summed E-state index contributed by atoms with van der Waals surface area (Å²) in [5.74, 6) is 2.61. The second kappa shape index (κ2) is 2.70. The summed E-state index contributed by atoms with van der Waals surface area (Å²) in [7, 11) is 0. The molecule has 11 heavy (non-hydrogen) atoms. The average molecular weight is 172 g/mol. The van der Waals surface area contributed by atoms with Gasteiger partial charge in [-0.1, -0.05) is 0 Å². The number of aliphatic carboxylic acids is 1. The Morgan fingerprint density at radius 3 is 2.27 bits per heavy atom. The van der Waals surface area contributed by atoms with Crippen molar-refractivity contribution in [2.45, 2.75) is 12.8 Å². The lowest BCUT2D eigenvalue weighted by molar-refractivity contribution is -0.144. The standard InChI is InChI=1S/C8H12O2S/c9-8(10)7(5-1-2-5)6-3-11-4-6/h5-7H,1-4H2,(H,9,10). The van der Waals surface area contributed by atoms with Crippen LogP contribution in [0, 0.1) is 17.8 Å². The summed E-state index contributed by atoms with van der Waals surface area (Å²) in [4.78, 5) is 10.8. The molecule has 1 saturated carbocycles. The molecule has 0 aromatic carbocycles. The van der Waals surface area contributed by atoms with Crippen molar-refractivity contribution in [2.75, 3.05) is 11.5 Å². The molecular formula is C8H12O2S. The first kappa shape index (κ1) is 7.47. The molecule has 0 aromatic heterocycles. The zero-order valence-corrected chi connectivity index (χ0v) is 7.14. The number of carbonyl (C=O) groups is 1. The highest BCUT2D eigenvalue weighted by Gasteiger charge is 2.43. The van der Waals surface area contributed by atoms with Gasteiger partial charge in [-0.3, -0.25) is 4.79 Å². The number of carboxylic acid groups (broad SMARTS) is 1. The van der Waals surface area contributed by atoms with Gasteiger partial charge in [-0.15, -0.1) is 0 Å². The van der Waals surface area contributed by atoms with Gasteiger partial charge >= 0.3 is 5.97 Å². The first-order valence-electron chi connectivity index (χ1n) is 4.09. The Labute approximate surface area is 70.4 Å². The molecule has 1 heterocycles. The maximum Gasteiger partial charge on any atom is 0.307 e. The molecule has 1 aliphatic carbocycles. The molecule has 0 aromatic rings. The molecule has 1 N–H and O–H groups in total. The van der Waals surface area contributed by atoms with Crippen LogP contribution in [0.5, 0.6) is 0 Å². The Hall–Kier alpha value is -0.180. The molecule has 1 aliphatic heterocycles. The third kappa shape index (κ3) is 1.39. The van der Waals surface area contributed by atoms with E-state index in [1.165, 1.54) is 0 Å². The zero-order chi connectivity index (χ0) is 7.84. The lowest BCUT2D eigenvalue weighted by atomic mass is 9.90. The van der Waals surface area contributed by atoms with Crippen LogP contribution in [0.2, 0.25) is 0 Å². The van der Waals surface area contributed by atoms with Gasteiger partial charge in [-0.25, -0.2) is 0 Å². The minimum absolute atomic E-state index is 0.00347. The number of rotatable bonds is 3. The molecular weight excluding hydrogens is 160 g/mol. The van der Waals surface area contributed by atoms with Crippen LogP contribution < -0.4 is 0 Å². The Balaban J connectivity index is 1.96. The molecule has 1 atom stereocenters. The van der Waals surface area contributed by atoms with E-state index in [9.17, 15) is 4.79 Å². The normalized spacial score (nSPS) is 27.6. The highest BCUT2D eigenvalue weighted by atomic mass is 32.2. The van der Waals surface area contributed by atoms with Gasteiger partial charge in [0, 0.05) is 0 Å². The van der Waals surface area contributed by atoms with E-state index in [1.807, 2.05) is 11.8 Å². The minimum atomic E-state index is -0.558. The first-order chi connectivity index (χ1) is 5.29. The first-order valence-corrected chi connectivity index (χ1v) is 5.25. The Kier molecular flexibility index (Phi) is 1.83. The summed E-state index contributed by atoms with van der Waals surface area (Å²) in [5, 5.41) is 8.91. The fourth-order valence-corrected chi connectivity index (χ4v) is 2.63. The number of thioether (sulfide) groups is 1. The maximum atomic E-state index is 10.8. The lowest BCUT2D eigenvalue weighted by Crippen LogP contribution is -2.34. The fraction of sp³-hybridized carbons (Fsp3) is 0.875. The minimum Gasteiger partial charge on any atom is -0.481 e. The Morgan fingerprint density at radius 2 is 2.00 bits per heavy atom.